The topological polar surface area (TPSA) is 34.4 Å². The average Bonchev–Trinajstić information content (AvgIpc) is 2.77. The van der Waals surface area contributed by atoms with E-state index in [1.165, 1.54) is 6.04 Å². The van der Waals surface area contributed by atoms with Gasteiger partial charge in [-0.15, -0.1) is 0 Å². The molecule has 0 fully saturated rings. The van der Waals surface area contributed by atoms with Crippen LogP contribution in [0, 0.1) is 0 Å². The largest absolute Gasteiger partial charge is 0.392 e. The van der Waals surface area contributed by atoms with Crippen LogP contribution in [-0.4, -0.2) is 24.4 Å². The Balaban J connectivity index is 2.05. The Morgan fingerprint density at radius 2 is 2.00 bits per heavy atom. The Kier molecular flexibility index (Phi) is 4.45. The summed E-state index contributed by atoms with van der Waals surface area (Å²) in [5, 5.41) is 10.6. The minimum Gasteiger partial charge on any atom is -0.392 e. The highest BCUT2D eigenvalue weighted by Gasteiger charge is 2.12. The molecule has 0 atom stereocenters. The van der Waals surface area contributed by atoms with E-state index in [9.17, 15) is 5.11 Å². The highest BCUT2D eigenvalue weighted by atomic mass is 28.3. The van der Waals surface area contributed by atoms with Gasteiger partial charge < -0.3 is 14.4 Å². The van der Waals surface area contributed by atoms with Crippen LogP contribution in [0.3, 0.4) is 0 Å². The minimum absolute atomic E-state index is 0.0657. The van der Waals surface area contributed by atoms with Crippen molar-refractivity contribution in [3.63, 3.8) is 0 Å². The molecule has 1 aromatic heterocycles. The summed E-state index contributed by atoms with van der Waals surface area (Å²) in [4.78, 5) is 0. The van der Waals surface area contributed by atoms with E-state index in [4.69, 9.17) is 4.74 Å². The smallest absolute Gasteiger partial charge is 0.122 e. The fourth-order valence-electron chi connectivity index (χ4n) is 2.12. The number of benzene rings is 1. The lowest BCUT2D eigenvalue weighted by Crippen LogP contribution is -2.22. The van der Waals surface area contributed by atoms with Crippen LogP contribution in [0.5, 0.6) is 0 Å². The third-order valence-corrected chi connectivity index (χ3v) is 4.97. The van der Waals surface area contributed by atoms with Gasteiger partial charge in [0.25, 0.3) is 0 Å². The number of hydrogen-bond donors (Lipinski definition) is 1. The molecule has 3 nitrogen and oxygen atoms in total. The first-order chi connectivity index (χ1) is 9.01. The Hall–Kier alpha value is -1.10. The van der Waals surface area contributed by atoms with Gasteiger partial charge in [-0.25, -0.2) is 0 Å². The molecule has 19 heavy (non-hydrogen) atoms. The van der Waals surface area contributed by atoms with Crippen molar-refractivity contribution in [2.24, 2.45) is 0 Å². The van der Waals surface area contributed by atoms with Crippen LogP contribution in [0.25, 0.3) is 10.9 Å². The number of aliphatic hydroxyl groups excluding tert-OH is 1. The number of ether oxygens (including phenoxy) is 1. The lowest BCUT2D eigenvalue weighted by molar-refractivity contribution is 0.0900. The molecule has 2 aromatic rings. The summed E-state index contributed by atoms with van der Waals surface area (Å²) in [6.45, 7) is 8.50. The Bertz CT molecular complexity index is 543. The number of fused-ring (bicyclic) bond motifs is 1. The molecule has 4 heteroatoms. The maximum absolute atomic E-state index is 9.41. The van der Waals surface area contributed by atoms with E-state index in [1.54, 1.807) is 0 Å². The van der Waals surface area contributed by atoms with Gasteiger partial charge in [0.1, 0.15) is 6.73 Å². The zero-order valence-corrected chi connectivity index (χ0v) is 13.0. The lowest BCUT2D eigenvalue weighted by Gasteiger charge is -2.16. The summed E-state index contributed by atoms with van der Waals surface area (Å²) in [6.07, 6.45) is 2.03. The Labute approximate surface area is 115 Å². The van der Waals surface area contributed by atoms with Gasteiger partial charge in [0.05, 0.1) is 12.1 Å². The molecule has 0 saturated carbocycles. The third-order valence-electron chi connectivity index (χ3n) is 3.27. The van der Waals surface area contributed by atoms with Crippen molar-refractivity contribution in [3.8, 4) is 0 Å². The van der Waals surface area contributed by atoms with E-state index < -0.39 is 8.07 Å². The second kappa shape index (κ2) is 5.90. The van der Waals surface area contributed by atoms with Gasteiger partial charge in [-0.3, -0.25) is 0 Å². The van der Waals surface area contributed by atoms with Crippen molar-refractivity contribution < 1.29 is 9.84 Å². The average molecular weight is 277 g/mol. The first-order valence-corrected chi connectivity index (χ1v) is 10.5. The van der Waals surface area contributed by atoms with Gasteiger partial charge in [-0.05, 0) is 12.1 Å². The van der Waals surface area contributed by atoms with Crippen LogP contribution in [0.15, 0.2) is 30.5 Å². The first-order valence-electron chi connectivity index (χ1n) is 6.76. The summed E-state index contributed by atoms with van der Waals surface area (Å²) in [7, 11) is -1.03. The molecule has 0 saturated heterocycles. The molecule has 0 aliphatic heterocycles. The van der Waals surface area contributed by atoms with Crippen molar-refractivity contribution in [2.45, 2.75) is 39.0 Å². The molecule has 0 aliphatic carbocycles. The van der Waals surface area contributed by atoms with Gasteiger partial charge in [-0.1, -0.05) is 37.8 Å². The van der Waals surface area contributed by atoms with Gasteiger partial charge in [0.2, 0.25) is 0 Å². The molecule has 1 N–H and O–H groups in total. The van der Waals surface area contributed by atoms with E-state index in [-0.39, 0.29) is 6.61 Å². The number of aromatic nitrogens is 1. The standard InChI is InChI=1S/C15H23NO2Si/c1-19(2,3)10-9-18-12-16-8-7-13-5-4-6-14(11-17)15(13)16/h4-8,17H,9-12H2,1-3H3. The first kappa shape index (κ1) is 14.3. The Morgan fingerprint density at radius 1 is 1.21 bits per heavy atom. The van der Waals surface area contributed by atoms with Gasteiger partial charge in [0, 0.05) is 31.8 Å². The molecule has 1 heterocycles. The number of aliphatic hydroxyl groups is 1. The lowest BCUT2D eigenvalue weighted by atomic mass is 10.1. The highest BCUT2D eigenvalue weighted by Crippen LogP contribution is 2.20. The van der Waals surface area contributed by atoms with Crippen molar-refractivity contribution in [2.75, 3.05) is 6.61 Å². The molecule has 0 bridgehead atoms. The van der Waals surface area contributed by atoms with E-state index in [0.717, 1.165) is 23.1 Å². The maximum atomic E-state index is 9.41. The summed E-state index contributed by atoms with van der Waals surface area (Å²) < 4.78 is 7.85. The predicted molar refractivity (Wildman–Crippen MR) is 82.0 cm³/mol. The van der Waals surface area contributed by atoms with Crippen LogP contribution < -0.4 is 0 Å². The van der Waals surface area contributed by atoms with Crippen molar-refractivity contribution in [1.29, 1.82) is 0 Å². The monoisotopic (exact) mass is 277 g/mol. The second-order valence-corrected chi connectivity index (χ2v) is 11.8. The van der Waals surface area contributed by atoms with E-state index >= 15 is 0 Å². The van der Waals surface area contributed by atoms with Crippen LogP contribution in [0.2, 0.25) is 25.7 Å². The molecular weight excluding hydrogens is 254 g/mol. The number of nitrogens with zero attached hydrogens (tertiary/aromatic N) is 1. The fourth-order valence-corrected chi connectivity index (χ4v) is 2.87. The zero-order chi connectivity index (χ0) is 13.9. The highest BCUT2D eigenvalue weighted by molar-refractivity contribution is 6.76. The van der Waals surface area contributed by atoms with Gasteiger partial charge in [-0.2, -0.15) is 0 Å². The van der Waals surface area contributed by atoms with Crippen molar-refractivity contribution in [1.82, 2.24) is 4.57 Å². The molecule has 0 aliphatic rings. The third kappa shape index (κ3) is 3.69. The molecule has 104 valence electrons. The zero-order valence-electron chi connectivity index (χ0n) is 12.0. The molecule has 0 spiro atoms. The second-order valence-electron chi connectivity index (χ2n) is 6.15. The van der Waals surface area contributed by atoms with Crippen LogP contribution in [0.4, 0.5) is 0 Å². The molecule has 2 rings (SSSR count). The van der Waals surface area contributed by atoms with Gasteiger partial charge in [0.15, 0.2) is 0 Å². The fraction of sp³-hybridized carbons (Fsp3) is 0.467. The molecule has 1 aromatic carbocycles. The predicted octanol–water partition coefficient (Wildman–Crippen LogP) is 3.45. The quantitative estimate of drug-likeness (QED) is 0.648. The van der Waals surface area contributed by atoms with Crippen LogP contribution >= 0.6 is 0 Å². The number of para-hydroxylation sites is 1. The van der Waals surface area contributed by atoms with E-state index in [2.05, 4.69) is 36.3 Å². The normalized spacial score (nSPS) is 12.2. The van der Waals surface area contributed by atoms with E-state index in [0.29, 0.717) is 6.73 Å². The SMILES string of the molecule is C[Si](C)(C)CCOCn1ccc2cccc(CO)c21. The summed E-state index contributed by atoms with van der Waals surface area (Å²) in [5.74, 6) is 0. The van der Waals surface area contributed by atoms with E-state index in [1.807, 2.05) is 18.3 Å². The number of rotatable bonds is 6. The Morgan fingerprint density at radius 3 is 2.68 bits per heavy atom. The van der Waals surface area contributed by atoms with Crippen molar-refractivity contribution in [3.05, 3.63) is 36.0 Å². The summed E-state index contributed by atoms with van der Waals surface area (Å²) in [6, 6.07) is 9.24. The van der Waals surface area contributed by atoms with Crippen LogP contribution in [-0.2, 0) is 18.1 Å². The maximum Gasteiger partial charge on any atom is 0.122 e. The molecule has 0 radical (unpaired) electrons. The molecule has 0 unspecified atom stereocenters. The summed E-state index contributed by atoms with van der Waals surface area (Å²) in [5.41, 5.74) is 2.04. The van der Waals surface area contributed by atoms with Crippen molar-refractivity contribution >= 4 is 19.0 Å². The minimum atomic E-state index is -1.03. The summed E-state index contributed by atoms with van der Waals surface area (Å²) >= 11 is 0. The molecule has 0 amide bonds. The number of hydrogen-bond acceptors (Lipinski definition) is 2. The van der Waals surface area contributed by atoms with Gasteiger partial charge >= 0.3 is 0 Å². The molecular formula is C15H23NO2Si. The van der Waals surface area contributed by atoms with Crippen LogP contribution in [0.1, 0.15) is 5.56 Å².